The molecule has 0 fully saturated rings. The molecule has 1 unspecified atom stereocenters. The van der Waals surface area contributed by atoms with Gasteiger partial charge < -0.3 is 4.98 Å². The molecule has 0 saturated carbocycles. The second kappa shape index (κ2) is 4.56. The lowest BCUT2D eigenvalue weighted by Gasteiger charge is -2.15. The van der Waals surface area contributed by atoms with Gasteiger partial charge in [-0.05, 0) is 32.1 Å². The number of H-pyrrole nitrogens is 1. The summed E-state index contributed by atoms with van der Waals surface area (Å²) in [6.45, 7) is 3.86. The maximum Gasteiger partial charge on any atom is 0.179 e. The summed E-state index contributed by atoms with van der Waals surface area (Å²) in [5.74, 6) is -0.227. The molecule has 6 heteroatoms. The van der Waals surface area contributed by atoms with E-state index in [1.807, 2.05) is 31.5 Å². The number of rotatable bonds is 2. The van der Waals surface area contributed by atoms with Crippen LogP contribution in [0.1, 0.15) is 24.2 Å². The Bertz CT molecular complexity index is 843. The van der Waals surface area contributed by atoms with E-state index in [0.29, 0.717) is 10.3 Å². The van der Waals surface area contributed by atoms with E-state index >= 15 is 0 Å². The Labute approximate surface area is 120 Å². The van der Waals surface area contributed by atoms with Crippen LogP contribution in [0.2, 0.25) is 0 Å². The second-order valence-electron chi connectivity index (χ2n) is 4.91. The molecule has 1 aromatic carbocycles. The van der Waals surface area contributed by atoms with Crippen LogP contribution in [0.5, 0.6) is 0 Å². The van der Waals surface area contributed by atoms with Gasteiger partial charge in [0.1, 0.15) is 11.3 Å². The fourth-order valence-corrected chi connectivity index (χ4v) is 2.99. The van der Waals surface area contributed by atoms with Gasteiger partial charge >= 0.3 is 0 Å². The molecule has 0 saturated heterocycles. The summed E-state index contributed by atoms with van der Waals surface area (Å²) < 4.78 is 18.2. The molecule has 20 heavy (non-hydrogen) atoms. The highest BCUT2D eigenvalue weighted by atomic mass is 32.1. The fourth-order valence-electron chi connectivity index (χ4n) is 2.64. The van der Waals surface area contributed by atoms with Gasteiger partial charge in [0.2, 0.25) is 0 Å². The summed E-state index contributed by atoms with van der Waals surface area (Å²) >= 11 is 5.39. The molecule has 0 bridgehead atoms. The van der Waals surface area contributed by atoms with Gasteiger partial charge in [-0.25, -0.2) is 4.39 Å². The Hall–Kier alpha value is -1.95. The summed E-state index contributed by atoms with van der Waals surface area (Å²) in [4.78, 5) is 3.16. The van der Waals surface area contributed by atoms with Gasteiger partial charge in [0.05, 0.1) is 11.7 Å². The number of hydrogen-bond acceptors (Lipinski definition) is 2. The van der Waals surface area contributed by atoms with E-state index in [1.54, 1.807) is 16.8 Å². The highest BCUT2D eigenvalue weighted by Gasteiger charge is 2.19. The molecular formula is C14H15FN4S. The standard InChI is InChI=1S/C14H15FN4S/c1-8-12-13(18(3)17-8)19(14(20)16-12)9(2)10-6-4-5-7-11(10)15/h4-7,9H,1-3H3,(H,16,20). The Kier molecular flexibility index (Phi) is 2.97. The van der Waals surface area contributed by atoms with Crippen LogP contribution in [-0.2, 0) is 7.05 Å². The number of nitrogens with one attached hydrogen (secondary N) is 1. The van der Waals surface area contributed by atoms with E-state index in [0.717, 1.165) is 16.9 Å². The third-order valence-corrected chi connectivity index (χ3v) is 3.91. The van der Waals surface area contributed by atoms with Crippen LogP contribution >= 0.6 is 12.2 Å². The van der Waals surface area contributed by atoms with Crippen molar-refractivity contribution in [2.24, 2.45) is 7.05 Å². The molecule has 0 amide bonds. The quantitative estimate of drug-likeness (QED) is 0.734. The van der Waals surface area contributed by atoms with Crippen LogP contribution in [0.4, 0.5) is 4.39 Å². The van der Waals surface area contributed by atoms with Gasteiger partial charge in [0, 0.05) is 12.6 Å². The van der Waals surface area contributed by atoms with E-state index in [-0.39, 0.29) is 11.9 Å². The molecular weight excluding hydrogens is 275 g/mol. The second-order valence-corrected chi connectivity index (χ2v) is 5.29. The first-order valence-electron chi connectivity index (χ1n) is 6.39. The van der Waals surface area contributed by atoms with Crippen LogP contribution in [0.15, 0.2) is 24.3 Å². The minimum atomic E-state index is -0.227. The largest absolute Gasteiger partial charge is 0.328 e. The van der Waals surface area contributed by atoms with Gasteiger partial charge in [-0.1, -0.05) is 18.2 Å². The van der Waals surface area contributed by atoms with E-state index in [1.165, 1.54) is 6.07 Å². The zero-order chi connectivity index (χ0) is 14.4. The predicted octanol–water partition coefficient (Wildman–Crippen LogP) is 3.49. The maximum atomic E-state index is 14.0. The van der Waals surface area contributed by atoms with Crippen LogP contribution in [0.3, 0.4) is 0 Å². The predicted molar refractivity (Wildman–Crippen MR) is 78.8 cm³/mol. The van der Waals surface area contributed by atoms with Crippen molar-refractivity contribution >= 4 is 23.4 Å². The summed E-state index contributed by atoms with van der Waals surface area (Å²) in [7, 11) is 1.86. The molecule has 0 spiro atoms. The van der Waals surface area contributed by atoms with Crippen molar-refractivity contribution in [3.8, 4) is 0 Å². The summed E-state index contributed by atoms with van der Waals surface area (Å²) in [5, 5.41) is 4.37. The lowest BCUT2D eigenvalue weighted by atomic mass is 10.1. The molecule has 3 rings (SSSR count). The van der Waals surface area contributed by atoms with E-state index in [9.17, 15) is 4.39 Å². The summed E-state index contributed by atoms with van der Waals surface area (Å²) in [6.07, 6.45) is 0. The van der Waals surface area contributed by atoms with E-state index in [2.05, 4.69) is 10.1 Å². The molecule has 2 aromatic heterocycles. The summed E-state index contributed by atoms with van der Waals surface area (Å²) in [5.41, 5.74) is 3.28. The average molecular weight is 290 g/mol. The first-order valence-corrected chi connectivity index (χ1v) is 6.79. The van der Waals surface area contributed by atoms with Crippen molar-refractivity contribution in [1.82, 2.24) is 19.3 Å². The number of halogens is 1. The lowest BCUT2D eigenvalue weighted by Crippen LogP contribution is -2.11. The molecule has 3 aromatic rings. The van der Waals surface area contributed by atoms with Crippen molar-refractivity contribution in [2.45, 2.75) is 19.9 Å². The van der Waals surface area contributed by atoms with Gasteiger partial charge in [-0.2, -0.15) is 5.10 Å². The number of nitrogens with zero attached hydrogens (tertiary/aromatic N) is 3. The Morgan fingerprint density at radius 3 is 2.75 bits per heavy atom. The maximum absolute atomic E-state index is 14.0. The SMILES string of the molecule is Cc1nn(C)c2c1[nH]c(=S)n2C(C)c1ccccc1F. The zero-order valence-electron chi connectivity index (χ0n) is 11.5. The molecule has 0 radical (unpaired) electrons. The number of fused-ring (bicyclic) bond motifs is 1. The van der Waals surface area contributed by atoms with Gasteiger partial charge in [-0.15, -0.1) is 0 Å². The Morgan fingerprint density at radius 1 is 1.35 bits per heavy atom. The topological polar surface area (TPSA) is 38.5 Å². The van der Waals surface area contributed by atoms with Crippen molar-refractivity contribution in [3.63, 3.8) is 0 Å². The van der Waals surface area contributed by atoms with Crippen molar-refractivity contribution in [1.29, 1.82) is 0 Å². The normalized spacial score (nSPS) is 13.0. The molecule has 0 aliphatic rings. The highest BCUT2D eigenvalue weighted by Crippen LogP contribution is 2.26. The van der Waals surface area contributed by atoms with Gasteiger partial charge in [0.25, 0.3) is 0 Å². The smallest absolute Gasteiger partial charge is 0.179 e. The minimum absolute atomic E-state index is 0.202. The van der Waals surface area contributed by atoms with Crippen LogP contribution in [-0.4, -0.2) is 19.3 Å². The average Bonchev–Trinajstić information content (AvgIpc) is 2.88. The lowest BCUT2D eigenvalue weighted by molar-refractivity contribution is 0.553. The molecule has 1 N–H and O–H groups in total. The monoisotopic (exact) mass is 290 g/mol. The molecule has 1 atom stereocenters. The number of aromatic nitrogens is 4. The van der Waals surface area contributed by atoms with E-state index < -0.39 is 0 Å². The van der Waals surface area contributed by atoms with E-state index in [4.69, 9.17) is 12.2 Å². The first-order chi connectivity index (χ1) is 9.50. The zero-order valence-corrected chi connectivity index (χ0v) is 12.3. The van der Waals surface area contributed by atoms with Crippen molar-refractivity contribution in [2.75, 3.05) is 0 Å². The number of aromatic amines is 1. The third-order valence-electron chi connectivity index (χ3n) is 3.61. The number of benzene rings is 1. The van der Waals surface area contributed by atoms with Crippen LogP contribution in [0, 0.1) is 17.5 Å². The first kappa shape index (κ1) is 13.1. The summed E-state index contributed by atoms with van der Waals surface area (Å²) in [6, 6.07) is 6.56. The molecule has 104 valence electrons. The number of aryl methyl sites for hydroxylation is 2. The third kappa shape index (κ3) is 1.79. The van der Waals surface area contributed by atoms with Gasteiger partial charge in [-0.3, -0.25) is 9.25 Å². The molecule has 0 aliphatic carbocycles. The van der Waals surface area contributed by atoms with Crippen LogP contribution in [0.25, 0.3) is 11.2 Å². The molecule has 4 nitrogen and oxygen atoms in total. The van der Waals surface area contributed by atoms with Crippen LogP contribution < -0.4 is 0 Å². The Balaban J connectivity index is 2.27. The van der Waals surface area contributed by atoms with Gasteiger partial charge in [0.15, 0.2) is 10.4 Å². The molecule has 0 aliphatic heterocycles. The Morgan fingerprint density at radius 2 is 2.05 bits per heavy atom. The number of imidazole rings is 1. The minimum Gasteiger partial charge on any atom is -0.328 e. The fraction of sp³-hybridized carbons (Fsp3) is 0.286. The molecule has 2 heterocycles. The highest BCUT2D eigenvalue weighted by molar-refractivity contribution is 7.71. The number of hydrogen-bond donors (Lipinski definition) is 1. The van der Waals surface area contributed by atoms with Crippen molar-refractivity contribution in [3.05, 3.63) is 46.1 Å². The van der Waals surface area contributed by atoms with Crippen molar-refractivity contribution < 1.29 is 4.39 Å².